The van der Waals surface area contributed by atoms with Crippen molar-refractivity contribution in [1.29, 1.82) is 5.26 Å². The van der Waals surface area contributed by atoms with Gasteiger partial charge in [0.2, 0.25) is 0 Å². The van der Waals surface area contributed by atoms with Crippen LogP contribution in [0.2, 0.25) is 0 Å². The summed E-state index contributed by atoms with van der Waals surface area (Å²) < 4.78 is 13.3. The predicted octanol–water partition coefficient (Wildman–Crippen LogP) is 3.37. The summed E-state index contributed by atoms with van der Waals surface area (Å²) in [5.74, 6) is -0.341. The Labute approximate surface area is 121 Å². The summed E-state index contributed by atoms with van der Waals surface area (Å²) in [5.41, 5.74) is 8.84. The number of pyridine rings is 1. The van der Waals surface area contributed by atoms with Gasteiger partial charge >= 0.3 is 0 Å². The van der Waals surface area contributed by atoms with E-state index >= 15 is 0 Å². The highest BCUT2D eigenvalue weighted by Gasteiger charge is 2.12. The molecule has 0 bridgehead atoms. The first-order valence-electron chi connectivity index (χ1n) is 6.51. The number of nitriles is 1. The van der Waals surface area contributed by atoms with Crippen LogP contribution in [0.15, 0.2) is 48.5 Å². The molecule has 0 aliphatic rings. The maximum Gasteiger partial charge on any atom is 0.149 e. The number of fused-ring (bicyclic) bond motifs is 1. The quantitative estimate of drug-likeness (QED) is 0.781. The normalized spacial score (nSPS) is 10.5. The number of halogens is 1. The summed E-state index contributed by atoms with van der Waals surface area (Å²) >= 11 is 0. The van der Waals surface area contributed by atoms with E-state index in [1.165, 1.54) is 12.1 Å². The van der Waals surface area contributed by atoms with E-state index < -0.39 is 0 Å². The highest BCUT2D eigenvalue weighted by Crippen LogP contribution is 2.29. The number of nitrogens with two attached hydrogens (primary N) is 1. The van der Waals surface area contributed by atoms with Gasteiger partial charge in [0, 0.05) is 17.5 Å². The number of para-hydroxylation sites is 1. The topological polar surface area (TPSA) is 62.7 Å². The summed E-state index contributed by atoms with van der Waals surface area (Å²) in [6, 6.07) is 16.0. The van der Waals surface area contributed by atoms with Gasteiger partial charge in [0.15, 0.2) is 0 Å². The molecule has 3 nitrogen and oxygen atoms in total. The van der Waals surface area contributed by atoms with Gasteiger partial charge < -0.3 is 5.73 Å². The molecular weight excluding hydrogens is 265 g/mol. The largest absolute Gasteiger partial charge is 0.326 e. The lowest BCUT2D eigenvalue weighted by Gasteiger charge is -2.10. The predicted molar refractivity (Wildman–Crippen MR) is 79.7 cm³/mol. The van der Waals surface area contributed by atoms with Crippen LogP contribution < -0.4 is 5.73 Å². The van der Waals surface area contributed by atoms with E-state index in [9.17, 15) is 9.65 Å². The minimum atomic E-state index is -0.341. The number of nitrogens with zero attached hydrogens (tertiary/aromatic N) is 2. The van der Waals surface area contributed by atoms with Gasteiger partial charge in [0.25, 0.3) is 0 Å². The fourth-order valence-corrected chi connectivity index (χ4v) is 2.40. The fourth-order valence-electron chi connectivity index (χ4n) is 2.40. The number of hydrogen-bond acceptors (Lipinski definition) is 3. The van der Waals surface area contributed by atoms with Crippen LogP contribution in [-0.2, 0) is 6.54 Å². The molecule has 0 aliphatic heterocycles. The molecule has 0 saturated heterocycles. The standard InChI is InChI=1S/C17H12FN3/c18-13-5-6-14(12(7-13)9-19)15-8-11-3-1-2-4-16(11)21-17(15)10-20/h1-8H,9,19H2. The second-order valence-corrected chi connectivity index (χ2v) is 4.69. The first-order chi connectivity index (χ1) is 10.2. The highest BCUT2D eigenvalue weighted by atomic mass is 19.1. The Morgan fingerprint density at radius 3 is 2.67 bits per heavy atom. The summed E-state index contributed by atoms with van der Waals surface area (Å²) in [6.07, 6.45) is 0. The molecule has 2 N–H and O–H groups in total. The zero-order chi connectivity index (χ0) is 14.8. The maximum absolute atomic E-state index is 13.3. The lowest BCUT2D eigenvalue weighted by Crippen LogP contribution is -2.01. The molecule has 102 valence electrons. The second-order valence-electron chi connectivity index (χ2n) is 4.69. The van der Waals surface area contributed by atoms with Crippen LogP contribution in [0.1, 0.15) is 11.3 Å². The van der Waals surface area contributed by atoms with Gasteiger partial charge in [0.1, 0.15) is 17.6 Å². The zero-order valence-corrected chi connectivity index (χ0v) is 11.2. The molecule has 21 heavy (non-hydrogen) atoms. The Morgan fingerprint density at radius 2 is 1.90 bits per heavy atom. The summed E-state index contributed by atoms with van der Waals surface area (Å²) in [6.45, 7) is 0.199. The van der Waals surface area contributed by atoms with E-state index in [4.69, 9.17) is 5.73 Å². The van der Waals surface area contributed by atoms with E-state index in [0.717, 1.165) is 16.5 Å². The average Bonchev–Trinajstić information content (AvgIpc) is 2.53. The molecule has 3 aromatic rings. The fraction of sp³-hybridized carbons (Fsp3) is 0.0588. The molecule has 0 atom stereocenters. The molecule has 1 aromatic heterocycles. The van der Waals surface area contributed by atoms with Crippen molar-refractivity contribution in [3.63, 3.8) is 0 Å². The molecule has 1 heterocycles. The summed E-state index contributed by atoms with van der Waals surface area (Å²) in [5, 5.41) is 10.3. The molecule has 4 heteroatoms. The first-order valence-corrected chi connectivity index (χ1v) is 6.51. The minimum absolute atomic E-state index is 0.199. The first kappa shape index (κ1) is 13.2. The van der Waals surface area contributed by atoms with Gasteiger partial charge in [-0.25, -0.2) is 9.37 Å². The lowest BCUT2D eigenvalue weighted by molar-refractivity contribution is 0.625. The van der Waals surface area contributed by atoms with Crippen molar-refractivity contribution in [2.45, 2.75) is 6.54 Å². The van der Waals surface area contributed by atoms with Gasteiger partial charge in [-0.2, -0.15) is 5.26 Å². The minimum Gasteiger partial charge on any atom is -0.326 e. The van der Waals surface area contributed by atoms with E-state index in [0.29, 0.717) is 16.8 Å². The summed E-state index contributed by atoms with van der Waals surface area (Å²) in [7, 11) is 0. The van der Waals surface area contributed by atoms with E-state index in [1.54, 1.807) is 6.07 Å². The zero-order valence-electron chi connectivity index (χ0n) is 11.2. The molecule has 0 amide bonds. The average molecular weight is 277 g/mol. The number of rotatable bonds is 2. The third-order valence-electron chi connectivity index (χ3n) is 3.41. The molecule has 0 unspecified atom stereocenters. The third-order valence-corrected chi connectivity index (χ3v) is 3.41. The molecule has 0 aliphatic carbocycles. The van der Waals surface area contributed by atoms with Gasteiger partial charge in [-0.3, -0.25) is 0 Å². The maximum atomic E-state index is 13.3. The van der Waals surface area contributed by atoms with Crippen LogP contribution in [0.25, 0.3) is 22.0 Å². The number of benzene rings is 2. The molecule has 0 saturated carbocycles. The highest BCUT2D eigenvalue weighted by molar-refractivity contribution is 5.86. The monoisotopic (exact) mass is 277 g/mol. The van der Waals surface area contributed by atoms with Crippen molar-refractivity contribution in [3.8, 4) is 17.2 Å². The van der Waals surface area contributed by atoms with Crippen molar-refractivity contribution >= 4 is 10.9 Å². The number of hydrogen-bond donors (Lipinski definition) is 1. The van der Waals surface area contributed by atoms with Crippen molar-refractivity contribution < 1.29 is 4.39 Å². The Kier molecular flexibility index (Phi) is 3.35. The molecule has 3 rings (SSSR count). The van der Waals surface area contributed by atoms with Gasteiger partial charge in [-0.05, 0) is 35.4 Å². The van der Waals surface area contributed by atoms with Crippen molar-refractivity contribution in [2.24, 2.45) is 5.73 Å². The Balaban J connectivity index is 2.31. The molecule has 0 spiro atoms. The van der Waals surface area contributed by atoms with E-state index in [-0.39, 0.29) is 12.4 Å². The Bertz CT molecular complexity index is 866. The molecule has 0 radical (unpaired) electrons. The van der Waals surface area contributed by atoms with Crippen LogP contribution >= 0.6 is 0 Å². The van der Waals surface area contributed by atoms with E-state index in [2.05, 4.69) is 11.1 Å². The van der Waals surface area contributed by atoms with Gasteiger partial charge in [-0.1, -0.05) is 24.3 Å². The van der Waals surface area contributed by atoms with Crippen LogP contribution in [0.3, 0.4) is 0 Å². The van der Waals surface area contributed by atoms with Crippen LogP contribution in [-0.4, -0.2) is 4.98 Å². The number of aromatic nitrogens is 1. The smallest absolute Gasteiger partial charge is 0.149 e. The third kappa shape index (κ3) is 2.35. The Hall–Kier alpha value is -2.77. The molecular formula is C17H12FN3. The van der Waals surface area contributed by atoms with Crippen LogP contribution in [0.4, 0.5) is 4.39 Å². The second kappa shape index (κ2) is 5.31. The van der Waals surface area contributed by atoms with Crippen LogP contribution in [0, 0.1) is 17.1 Å². The Morgan fingerprint density at radius 1 is 1.10 bits per heavy atom. The van der Waals surface area contributed by atoms with Crippen molar-refractivity contribution in [1.82, 2.24) is 4.98 Å². The van der Waals surface area contributed by atoms with Gasteiger partial charge in [0.05, 0.1) is 5.52 Å². The molecule has 0 fully saturated rings. The SMILES string of the molecule is N#Cc1nc2ccccc2cc1-c1ccc(F)cc1CN. The van der Waals surface area contributed by atoms with Gasteiger partial charge in [-0.15, -0.1) is 0 Å². The van der Waals surface area contributed by atoms with E-state index in [1.807, 2.05) is 30.3 Å². The summed E-state index contributed by atoms with van der Waals surface area (Å²) in [4.78, 5) is 4.37. The van der Waals surface area contributed by atoms with Crippen molar-refractivity contribution in [2.75, 3.05) is 0 Å². The van der Waals surface area contributed by atoms with Crippen molar-refractivity contribution in [3.05, 3.63) is 65.6 Å². The lowest BCUT2D eigenvalue weighted by atomic mass is 9.97. The van der Waals surface area contributed by atoms with Crippen LogP contribution in [0.5, 0.6) is 0 Å². The molecule has 2 aromatic carbocycles.